The maximum atomic E-state index is 13.2. The van der Waals surface area contributed by atoms with Crippen molar-refractivity contribution >= 4 is 32.6 Å². The third kappa shape index (κ3) is 3.24. The van der Waals surface area contributed by atoms with Crippen LogP contribution in [0.2, 0.25) is 0 Å². The molecule has 2 aromatic rings. The number of halogens is 2. The van der Waals surface area contributed by atoms with Crippen LogP contribution < -0.4 is 5.32 Å². The van der Waals surface area contributed by atoms with Crippen molar-refractivity contribution in [3.05, 3.63) is 28.5 Å². The zero-order valence-electron chi connectivity index (χ0n) is 9.61. The minimum absolute atomic E-state index is 0.308. The molecule has 0 bridgehead atoms. The van der Waals surface area contributed by atoms with Crippen molar-refractivity contribution in [3.63, 3.8) is 0 Å². The number of nitrogens with zero attached hydrogens (tertiary/aromatic N) is 2. The molecule has 0 saturated carbocycles. The lowest BCUT2D eigenvalue weighted by atomic mass is 10.2. The molecule has 0 fully saturated rings. The van der Waals surface area contributed by atoms with E-state index in [0.29, 0.717) is 29.7 Å². The number of rotatable bonds is 5. The van der Waals surface area contributed by atoms with E-state index in [1.165, 1.54) is 23.7 Å². The van der Waals surface area contributed by atoms with Crippen LogP contribution in [-0.4, -0.2) is 29.6 Å². The number of aromatic nitrogens is 2. The van der Waals surface area contributed by atoms with E-state index in [9.17, 15) is 4.39 Å². The van der Waals surface area contributed by atoms with Gasteiger partial charge in [0, 0.05) is 35.2 Å². The highest BCUT2D eigenvalue weighted by molar-refractivity contribution is 9.10. The standard InChI is InChI=1S/C11H11BrFN3OS/c1-17-5-4-14-11-15-10(16-18-11)8-6-7(13)2-3-9(8)12/h2-3,6H,4-5H2,1H3,(H,14,15,16). The van der Waals surface area contributed by atoms with Crippen LogP contribution in [0.25, 0.3) is 11.4 Å². The number of benzene rings is 1. The van der Waals surface area contributed by atoms with Gasteiger partial charge in [-0.1, -0.05) is 15.9 Å². The third-order valence-electron chi connectivity index (χ3n) is 2.18. The molecule has 1 N–H and O–H groups in total. The monoisotopic (exact) mass is 331 g/mol. The van der Waals surface area contributed by atoms with Gasteiger partial charge in [-0.05, 0) is 18.2 Å². The molecule has 18 heavy (non-hydrogen) atoms. The van der Waals surface area contributed by atoms with Crippen LogP contribution in [0.15, 0.2) is 22.7 Å². The summed E-state index contributed by atoms with van der Waals surface area (Å²) < 4.78 is 23.1. The average Bonchev–Trinajstić information content (AvgIpc) is 2.81. The Labute approximate surface area is 117 Å². The van der Waals surface area contributed by atoms with Gasteiger partial charge >= 0.3 is 0 Å². The number of hydrogen-bond acceptors (Lipinski definition) is 5. The Hall–Kier alpha value is -1.05. The number of ether oxygens (including phenoxy) is 1. The van der Waals surface area contributed by atoms with Crippen LogP contribution in [0.3, 0.4) is 0 Å². The van der Waals surface area contributed by atoms with Crippen LogP contribution >= 0.6 is 27.5 Å². The SMILES string of the molecule is COCCNc1nc(-c2cc(F)ccc2Br)ns1. The van der Waals surface area contributed by atoms with Crippen molar-refractivity contribution in [1.82, 2.24) is 9.36 Å². The van der Waals surface area contributed by atoms with Crippen LogP contribution in [0.1, 0.15) is 0 Å². The van der Waals surface area contributed by atoms with E-state index >= 15 is 0 Å². The van der Waals surface area contributed by atoms with Gasteiger partial charge in [-0.3, -0.25) is 0 Å². The second-order valence-electron chi connectivity index (χ2n) is 3.47. The van der Waals surface area contributed by atoms with Gasteiger partial charge in [0.15, 0.2) is 5.82 Å². The second kappa shape index (κ2) is 6.21. The first-order chi connectivity index (χ1) is 8.70. The zero-order chi connectivity index (χ0) is 13.0. The van der Waals surface area contributed by atoms with Gasteiger partial charge in [-0.25, -0.2) is 4.39 Å². The lowest BCUT2D eigenvalue weighted by Crippen LogP contribution is -2.07. The van der Waals surface area contributed by atoms with Gasteiger partial charge in [0.25, 0.3) is 0 Å². The van der Waals surface area contributed by atoms with E-state index < -0.39 is 0 Å². The molecule has 1 heterocycles. The molecular formula is C11H11BrFN3OS. The average molecular weight is 332 g/mol. The molecule has 2 rings (SSSR count). The largest absolute Gasteiger partial charge is 0.383 e. The molecular weight excluding hydrogens is 321 g/mol. The van der Waals surface area contributed by atoms with Crippen LogP contribution in [0.4, 0.5) is 9.52 Å². The normalized spacial score (nSPS) is 10.6. The number of hydrogen-bond donors (Lipinski definition) is 1. The molecule has 1 aromatic heterocycles. The fourth-order valence-electron chi connectivity index (χ4n) is 1.33. The van der Waals surface area contributed by atoms with Crippen molar-refractivity contribution in [3.8, 4) is 11.4 Å². The molecule has 0 amide bonds. The first-order valence-electron chi connectivity index (χ1n) is 5.22. The summed E-state index contributed by atoms with van der Waals surface area (Å²) in [5, 5.41) is 3.77. The highest BCUT2D eigenvalue weighted by Crippen LogP contribution is 2.28. The molecule has 0 unspecified atom stereocenters. The molecule has 0 atom stereocenters. The molecule has 0 aliphatic heterocycles. The fraction of sp³-hybridized carbons (Fsp3) is 0.273. The first kappa shape index (κ1) is 13.4. The highest BCUT2D eigenvalue weighted by Gasteiger charge is 2.10. The third-order valence-corrected chi connectivity index (χ3v) is 3.54. The van der Waals surface area contributed by atoms with Crippen molar-refractivity contribution in [2.24, 2.45) is 0 Å². The van der Waals surface area contributed by atoms with Crippen molar-refractivity contribution in [1.29, 1.82) is 0 Å². The summed E-state index contributed by atoms with van der Waals surface area (Å²) in [5.41, 5.74) is 0.644. The van der Waals surface area contributed by atoms with Crippen molar-refractivity contribution < 1.29 is 9.13 Å². The molecule has 0 aliphatic rings. The maximum Gasteiger partial charge on any atom is 0.202 e. The molecule has 4 nitrogen and oxygen atoms in total. The van der Waals surface area contributed by atoms with E-state index in [4.69, 9.17) is 4.74 Å². The Morgan fingerprint density at radius 3 is 3.11 bits per heavy atom. The Bertz CT molecular complexity index is 535. The Morgan fingerprint density at radius 1 is 1.50 bits per heavy atom. The van der Waals surface area contributed by atoms with E-state index in [0.717, 1.165) is 4.47 Å². The van der Waals surface area contributed by atoms with Gasteiger partial charge in [-0.15, -0.1) is 0 Å². The molecule has 7 heteroatoms. The van der Waals surface area contributed by atoms with Gasteiger partial charge < -0.3 is 10.1 Å². The van der Waals surface area contributed by atoms with E-state index in [1.807, 2.05) is 0 Å². The summed E-state index contributed by atoms with van der Waals surface area (Å²) in [6, 6.07) is 4.44. The van der Waals surface area contributed by atoms with Crippen LogP contribution in [-0.2, 0) is 4.74 Å². The summed E-state index contributed by atoms with van der Waals surface area (Å²) >= 11 is 4.60. The summed E-state index contributed by atoms with van der Waals surface area (Å²) in [7, 11) is 1.64. The Morgan fingerprint density at radius 2 is 2.33 bits per heavy atom. The molecule has 0 spiro atoms. The van der Waals surface area contributed by atoms with Gasteiger partial charge in [0.05, 0.1) is 6.61 Å². The number of anilines is 1. The summed E-state index contributed by atoms with van der Waals surface area (Å²) in [4.78, 5) is 4.30. The van der Waals surface area contributed by atoms with Crippen molar-refractivity contribution in [2.45, 2.75) is 0 Å². The van der Waals surface area contributed by atoms with Gasteiger partial charge in [0.2, 0.25) is 5.13 Å². The van der Waals surface area contributed by atoms with Gasteiger partial charge in [0.1, 0.15) is 5.82 Å². The second-order valence-corrected chi connectivity index (χ2v) is 5.07. The van der Waals surface area contributed by atoms with E-state index in [1.54, 1.807) is 13.2 Å². The first-order valence-corrected chi connectivity index (χ1v) is 6.79. The lowest BCUT2D eigenvalue weighted by Gasteiger charge is -2.00. The highest BCUT2D eigenvalue weighted by atomic mass is 79.9. The predicted molar refractivity (Wildman–Crippen MR) is 73.4 cm³/mol. The lowest BCUT2D eigenvalue weighted by molar-refractivity contribution is 0.211. The minimum Gasteiger partial charge on any atom is -0.383 e. The summed E-state index contributed by atoms with van der Waals surface area (Å²) in [6.45, 7) is 1.26. The molecule has 0 saturated heterocycles. The summed E-state index contributed by atoms with van der Waals surface area (Å²) in [6.07, 6.45) is 0. The molecule has 96 valence electrons. The molecule has 1 aromatic carbocycles. The van der Waals surface area contributed by atoms with Crippen LogP contribution in [0, 0.1) is 5.82 Å². The van der Waals surface area contributed by atoms with Gasteiger partial charge in [-0.2, -0.15) is 9.36 Å². The van der Waals surface area contributed by atoms with E-state index in [2.05, 4.69) is 30.6 Å². The minimum atomic E-state index is -0.308. The molecule has 0 radical (unpaired) electrons. The van der Waals surface area contributed by atoms with Crippen molar-refractivity contribution in [2.75, 3.05) is 25.6 Å². The fourth-order valence-corrected chi connectivity index (χ4v) is 2.36. The predicted octanol–water partition coefficient (Wildman–Crippen LogP) is 3.17. The zero-order valence-corrected chi connectivity index (χ0v) is 12.0. The number of methoxy groups -OCH3 is 1. The summed E-state index contributed by atoms with van der Waals surface area (Å²) in [5.74, 6) is 0.197. The quantitative estimate of drug-likeness (QED) is 0.855. The number of nitrogens with one attached hydrogen (secondary N) is 1. The topological polar surface area (TPSA) is 47.0 Å². The Balaban J connectivity index is 2.16. The molecule has 0 aliphatic carbocycles. The van der Waals surface area contributed by atoms with Crippen LogP contribution in [0.5, 0.6) is 0 Å². The van der Waals surface area contributed by atoms with E-state index in [-0.39, 0.29) is 5.82 Å². The smallest absolute Gasteiger partial charge is 0.202 e. The Kier molecular flexibility index (Phi) is 4.62. The maximum absolute atomic E-state index is 13.2.